The van der Waals surface area contributed by atoms with Gasteiger partial charge in [-0.1, -0.05) is 29.8 Å². The predicted molar refractivity (Wildman–Crippen MR) is 128 cm³/mol. The van der Waals surface area contributed by atoms with Crippen molar-refractivity contribution in [2.75, 3.05) is 7.11 Å². The first-order valence-corrected chi connectivity index (χ1v) is 10.8. The van der Waals surface area contributed by atoms with Crippen LogP contribution in [0.5, 0.6) is 11.5 Å². The van der Waals surface area contributed by atoms with E-state index in [1.165, 1.54) is 19.2 Å². The second-order valence-electron chi connectivity index (χ2n) is 7.15. The molecule has 1 heterocycles. The molecule has 0 fully saturated rings. The Morgan fingerprint density at radius 3 is 2.62 bits per heavy atom. The van der Waals surface area contributed by atoms with Gasteiger partial charge in [-0.15, -0.1) is 0 Å². The number of aliphatic imine (C=N–C) groups is 1. The molecule has 1 aliphatic heterocycles. The highest BCUT2D eigenvalue weighted by atomic mass is 127. The van der Waals surface area contributed by atoms with Crippen LogP contribution in [0, 0.1) is 16.3 Å². The summed E-state index contributed by atoms with van der Waals surface area (Å²) in [6.07, 6.45) is 1.64. The third-order valence-electron chi connectivity index (χ3n) is 4.75. The van der Waals surface area contributed by atoms with Crippen LogP contribution in [0.15, 0.2) is 71.4 Å². The van der Waals surface area contributed by atoms with Crippen LogP contribution >= 0.6 is 22.6 Å². The highest BCUT2D eigenvalue weighted by Gasteiger charge is 2.24. The van der Waals surface area contributed by atoms with E-state index in [0.717, 1.165) is 14.7 Å². The van der Waals surface area contributed by atoms with Crippen LogP contribution in [0.25, 0.3) is 6.08 Å². The topological polar surface area (TPSA) is 57.1 Å². The van der Waals surface area contributed by atoms with Crippen molar-refractivity contribution in [2.45, 2.75) is 13.5 Å². The predicted octanol–water partition coefficient (Wildman–Crippen LogP) is 5.67. The number of carbonyl (C=O) groups is 1. The van der Waals surface area contributed by atoms with Crippen LogP contribution in [0.4, 0.5) is 4.39 Å². The quantitative estimate of drug-likeness (QED) is 0.229. The van der Waals surface area contributed by atoms with Gasteiger partial charge >= 0.3 is 5.97 Å². The molecule has 0 radical (unpaired) electrons. The third kappa shape index (κ3) is 4.99. The van der Waals surface area contributed by atoms with Crippen molar-refractivity contribution in [1.82, 2.24) is 0 Å². The molecule has 3 aromatic rings. The van der Waals surface area contributed by atoms with Gasteiger partial charge < -0.3 is 14.2 Å². The lowest BCUT2D eigenvalue weighted by molar-refractivity contribution is -0.129. The lowest BCUT2D eigenvalue weighted by Gasteiger charge is -2.14. The summed E-state index contributed by atoms with van der Waals surface area (Å²) in [7, 11) is 1.54. The number of ether oxygens (including phenoxy) is 3. The van der Waals surface area contributed by atoms with Crippen LogP contribution in [0.3, 0.4) is 0 Å². The number of hydrogen-bond acceptors (Lipinski definition) is 5. The molecule has 0 atom stereocenters. The standard InChI is InChI=1S/C25H19FINO4/c1-15-6-8-18(9-7-15)24-28-21(25(29)32-24)12-17-11-20(27)23(22(13-17)30-2)31-14-16-4-3-5-19(26)10-16/h3-13H,14H2,1-2H3/b21-12-. The summed E-state index contributed by atoms with van der Waals surface area (Å²) in [5, 5.41) is 0. The van der Waals surface area contributed by atoms with Gasteiger partial charge in [0.2, 0.25) is 5.90 Å². The molecule has 1 aliphatic rings. The van der Waals surface area contributed by atoms with E-state index in [4.69, 9.17) is 14.2 Å². The molecule has 0 spiro atoms. The van der Waals surface area contributed by atoms with Gasteiger partial charge in [-0.25, -0.2) is 14.2 Å². The summed E-state index contributed by atoms with van der Waals surface area (Å²) < 4.78 is 30.9. The summed E-state index contributed by atoms with van der Waals surface area (Å²) in [5.74, 6) is 0.481. The minimum Gasteiger partial charge on any atom is -0.493 e. The first kappa shape index (κ1) is 22.0. The number of hydrogen-bond donors (Lipinski definition) is 0. The lowest BCUT2D eigenvalue weighted by atomic mass is 10.1. The number of rotatable bonds is 6. The first-order valence-electron chi connectivity index (χ1n) is 9.77. The minimum atomic E-state index is -0.513. The van der Waals surface area contributed by atoms with E-state index in [-0.39, 0.29) is 24.0 Å². The Balaban J connectivity index is 1.59. The molecule has 0 N–H and O–H groups in total. The molecule has 0 saturated carbocycles. The highest BCUT2D eigenvalue weighted by molar-refractivity contribution is 14.1. The van der Waals surface area contributed by atoms with Gasteiger partial charge in [0, 0.05) is 5.56 Å². The van der Waals surface area contributed by atoms with Crippen LogP contribution in [-0.2, 0) is 16.1 Å². The van der Waals surface area contributed by atoms with Gasteiger partial charge in [-0.3, -0.25) is 0 Å². The van der Waals surface area contributed by atoms with E-state index in [2.05, 4.69) is 27.6 Å². The molecule has 0 aromatic heterocycles. The second-order valence-corrected chi connectivity index (χ2v) is 8.32. The van der Waals surface area contributed by atoms with Gasteiger partial charge in [-0.2, -0.15) is 0 Å². The van der Waals surface area contributed by atoms with E-state index in [0.29, 0.717) is 22.6 Å². The van der Waals surface area contributed by atoms with E-state index >= 15 is 0 Å². The summed E-state index contributed by atoms with van der Waals surface area (Å²) >= 11 is 2.13. The maximum atomic E-state index is 13.4. The molecule has 5 nitrogen and oxygen atoms in total. The average Bonchev–Trinajstić information content (AvgIpc) is 3.13. The van der Waals surface area contributed by atoms with Crippen molar-refractivity contribution >= 4 is 40.5 Å². The first-order chi connectivity index (χ1) is 15.4. The number of nitrogens with zero attached hydrogens (tertiary/aromatic N) is 1. The van der Waals surface area contributed by atoms with Gasteiger partial charge in [0.1, 0.15) is 12.4 Å². The van der Waals surface area contributed by atoms with Gasteiger partial charge in [0.15, 0.2) is 17.2 Å². The maximum absolute atomic E-state index is 13.4. The van der Waals surface area contributed by atoms with Crippen molar-refractivity contribution < 1.29 is 23.4 Å². The third-order valence-corrected chi connectivity index (χ3v) is 5.55. The smallest absolute Gasteiger partial charge is 0.363 e. The molecule has 3 aromatic carbocycles. The summed E-state index contributed by atoms with van der Waals surface area (Å²) in [6, 6.07) is 17.4. The van der Waals surface area contributed by atoms with Crippen LogP contribution in [0.1, 0.15) is 22.3 Å². The fourth-order valence-electron chi connectivity index (χ4n) is 3.13. The van der Waals surface area contributed by atoms with Gasteiger partial charge in [0.05, 0.1) is 10.7 Å². The number of halogens is 2. The van der Waals surface area contributed by atoms with E-state index in [1.807, 2.05) is 37.3 Å². The van der Waals surface area contributed by atoms with E-state index in [9.17, 15) is 9.18 Å². The average molecular weight is 543 g/mol. The molecule has 162 valence electrons. The molecule has 0 aliphatic carbocycles. The zero-order chi connectivity index (χ0) is 22.7. The Bertz CT molecular complexity index is 1240. The fraction of sp³-hybridized carbons (Fsp3) is 0.120. The minimum absolute atomic E-state index is 0.196. The van der Waals surface area contributed by atoms with Crippen LogP contribution in [-0.4, -0.2) is 19.0 Å². The Morgan fingerprint density at radius 2 is 1.91 bits per heavy atom. The Labute approximate surface area is 198 Å². The normalized spacial score (nSPS) is 14.3. The molecule has 32 heavy (non-hydrogen) atoms. The highest BCUT2D eigenvalue weighted by Crippen LogP contribution is 2.35. The summed E-state index contributed by atoms with van der Waals surface area (Å²) in [4.78, 5) is 16.7. The van der Waals surface area contributed by atoms with Crippen molar-refractivity contribution in [3.8, 4) is 11.5 Å². The monoisotopic (exact) mass is 543 g/mol. The molecule has 0 saturated heterocycles. The van der Waals surface area contributed by atoms with E-state index in [1.54, 1.807) is 24.3 Å². The molecule has 4 rings (SSSR count). The van der Waals surface area contributed by atoms with Crippen molar-refractivity contribution in [3.05, 3.63) is 98.0 Å². The Hall–Kier alpha value is -3.20. The van der Waals surface area contributed by atoms with Crippen LogP contribution < -0.4 is 9.47 Å². The number of cyclic esters (lactones) is 1. The summed E-state index contributed by atoms with van der Waals surface area (Å²) in [5.41, 5.74) is 3.47. The molecular formula is C25H19FINO4. The number of carbonyl (C=O) groups excluding carboxylic acids is 1. The van der Waals surface area contributed by atoms with Gasteiger partial charge in [0.25, 0.3) is 0 Å². The number of aryl methyl sites for hydroxylation is 1. The van der Waals surface area contributed by atoms with Crippen molar-refractivity contribution in [3.63, 3.8) is 0 Å². The SMILES string of the molecule is COc1cc(/C=C2\N=C(c3ccc(C)cc3)OC2=O)cc(I)c1OCc1cccc(F)c1. The largest absolute Gasteiger partial charge is 0.493 e. The Kier molecular flexibility index (Phi) is 6.55. The number of benzene rings is 3. The zero-order valence-electron chi connectivity index (χ0n) is 17.4. The lowest BCUT2D eigenvalue weighted by Crippen LogP contribution is -2.05. The Morgan fingerprint density at radius 1 is 1.12 bits per heavy atom. The molecule has 0 amide bonds. The number of esters is 1. The second kappa shape index (κ2) is 9.52. The summed E-state index contributed by atoms with van der Waals surface area (Å²) in [6.45, 7) is 2.18. The number of methoxy groups -OCH3 is 1. The molecular weight excluding hydrogens is 524 g/mol. The molecule has 7 heteroatoms. The molecule has 0 bridgehead atoms. The van der Waals surface area contributed by atoms with Gasteiger partial charge in [-0.05, 0) is 83.1 Å². The maximum Gasteiger partial charge on any atom is 0.363 e. The van der Waals surface area contributed by atoms with Crippen LogP contribution in [0.2, 0.25) is 0 Å². The van der Waals surface area contributed by atoms with Crippen molar-refractivity contribution in [2.24, 2.45) is 4.99 Å². The fourth-order valence-corrected chi connectivity index (χ4v) is 3.91. The molecule has 0 unspecified atom stereocenters. The van der Waals surface area contributed by atoms with E-state index < -0.39 is 5.97 Å². The van der Waals surface area contributed by atoms with Crippen molar-refractivity contribution in [1.29, 1.82) is 0 Å². The zero-order valence-corrected chi connectivity index (χ0v) is 19.6.